The summed E-state index contributed by atoms with van der Waals surface area (Å²) in [6.07, 6.45) is 4.18. The number of nitrogens with zero attached hydrogens (tertiary/aromatic N) is 2. The molecule has 1 aliphatic rings. The average Bonchev–Trinajstić information content (AvgIpc) is 2.94. The molecule has 2 aromatic rings. The van der Waals surface area contributed by atoms with E-state index in [0.717, 1.165) is 43.1 Å². The Morgan fingerprint density at radius 2 is 2.04 bits per heavy atom. The predicted octanol–water partition coefficient (Wildman–Crippen LogP) is -0.134. The summed E-state index contributed by atoms with van der Waals surface area (Å²) < 4.78 is 0. The van der Waals surface area contributed by atoms with Crippen molar-refractivity contribution in [3.05, 3.63) is 49.3 Å². The highest BCUT2D eigenvalue weighted by atomic mass is 16.2. The zero-order valence-electron chi connectivity index (χ0n) is 12.9. The van der Waals surface area contributed by atoms with Gasteiger partial charge in [-0.15, -0.1) is 0 Å². The summed E-state index contributed by atoms with van der Waals surface area (Å²) in [7, 11) is 1.67. The Morgan fingerprint density at radius 1 is 1.26 bits per heavy atom. The number of aromatic amines is 3. The van der Waals surface area contributed by atoms with Crippen LogP contribution < -0.4 is 11.1 Å². The normalized spacial score (nSPS) is 13.6. The van der Waals surface area contributed by atoms with Gasteiger partial charge in [-0.25, -0.2) is 0 Å². The second-order valence-corrected chi connectivity index (χ2v) is 5.87. The van der Waals surface area contributed by atoms with Crippen molar-refractivity contribution in [1.82, 2.24) is 25.3 Å². The molecular formula is C15H19N5O3. The van der Waals surface area contributed by atoms with Gasteiger partial charge in [0.2, 0.25) is 5.91 Å². The maximum Gasteiger partial charge on any atom is 0.266 e. The molecule has 1 amide bonds. The summed E-state index contributed by atoms with van der Waals surface area (Å²) in [4.78, 5) is 36.7. The van der Waals surface area contributed by atoms with Crippen LogP contribution in [-0.4, -0.2) is 38.2 Å². The van der Waals surface area contributed by atoms with Crippen molar-refractivity contribution in [3.8, 4) is 0 Å². The molecule has 3 rings (SSSR count). The third-order valence-electron chi connectivity index (χ3n) is 4.19. The molecule has 0 bridgehead atoms. The van der Waals surface area contributed by atoms with Crippen LogP contribution in [0.15, 0.2) is 15.7 Å². The Bertz CT molecular complexity index is 832. The van der Waals surface area contributed by atoms with Gasteiger partial charge in [-0.3, -0.25) is 29.7 Å². The van der Waals surface area contributed by atoms with Crippen molar-refractivity contribution < 1.29 is 4.79 Å². The molecule has 0 unspecified atom stereocenters. The highest BCUT2D eigenvalue weighted by Gasteiger charge is 2.20. The first-order chi connectivity index (χ1) is 11.0. The molecule has 2 heterocycles. The Hall–Kier alpha value is -2.64. The number of nitrogens with one attached hydrogen (secondary N) is 3. The van der Waals surface area contributed by atoms with Crippen LogP contribution in [0, 0.1) is 0 Å². The number of likely N-dealkylation sites (N-methyl/N-ethyl adjacent to an activating group) is 1. The van der Waals surface area contributed by atoms with Gasteiger partial charge >= 0.3 is 0 Å². The monoisotopic (exact) mass is 317 g/mol. The van der Waals surface area contributed by atoms with Gasteiger partial charge in [-0.05, 0) is 31.2 Å². The number of carbonyl (C=O) groups excluding carboxylic acids is 1. The van der Waals surface area contributed by atoms with Crippen LogP contribution in [0.1, 0.15) is 35.4 Å². The molecule has 23 heavy (non-hydrogen) atoms. The van der Waals surface area contributed by atoms with E-state index in [1.54, 1.807) is 7.05 Å². The van der Waals surface area contributed by atoms with Crippen molar-refractivity contribution in [2.45, 2.75) is 38.6 Å². The summed E-state index contributed by atoms with van der Waals surface area (Å²) in [5.74, 6) is -0.228. The molecule has 0 spiro atoms. The van der Waals surface area contributed by atoms with Crippen molar-refractivity contribution in [2.24, 2.45) is 0 Å². The Morgan fingerprint density at radius 3 is 2.87 bits per heavy atom. The number of amides is 1. The molecule has 2 aromatic heterocycles. The van der Waals surface area contributed by atoms with Crippen LogP contribution in [-0.2, 0) is 30.6 Å². The van der Waals surface area contributed by atoms with Crippen LogP contribution in [0.4, 0.5) is 0 Å². The van der Waals surface area contributed by atoms with Crippen LogP contribution in [0.2, 0.25) is 0 Å². The lowest BCUT2D eigenvalue weighted by molar-refractivity contribution is -0.129. The second kappa shape index (κ2) is 6.23. The molecule has 3 N–H and O–H groups in total. The molecule has 0 saturated heterocycles. The lowest BCUT2D eigenvalue weighted by Crippen LogP contribution is -2.31. The highest BCUT2D eigenvalue weighted by molar-refractivity contribution is 5.78. The van der Waals surface area contributed by atoms with E-state index >= 15 is 0 Å². The zero-order chi connectivity index (χ0) is 16.4. The standard InChI is InChI=1S/C15H19N5O3/c1-20(8-12-10-4-2-3-5-11(10)16-17-12)14(22)7-9-6-13(21)18-19-15(9)23/h6H,2-5,7-8H2,1H3,(H,16,17)(H,18,21)(H,19,23). The van der Waals surface area contributed by atoms with E-state index in [9.17, 15) is 14.4 Å². The fourth-order valence-electron chi connectivity index (χ4n) is 2.88. The number of aryl methyl sites for hydroxylation is 1. The molecule has 0 radical (unpaired) electrons. The minimum absolute atomic E-state index is 0.109. The number of aromatic nitrogens is 4. The van der Waals surface area contributed by atoms with Gasteiger partial charge in [0.05, 0.1) is 18.7 Å². The average molecular weight is 317 g/mol. The van der Waals surface area contributed by atoms with Gasteiger partial charge in [-0.1, -0.05) is 0 Å². The zero-order valence-corrected chi connectivity index (χ0v) is 12.9. The fourth-order valence-corrected chi connectivity index (χ4v) is 2.88. The highest BCUT2D eigenvalue weighted by Crippen LogP contribution is 2.22. The smallest absolute Gasteiger partial charge is 0.266 e. The van der Waals surface area contributed by atoms with E-state index in [0.29, 0.717) is 6.54 Å². The van der Waals surface area contributed by atoms with Crippen molar-refractivity contribution in [1.29, 1.82) is 0 Å². The number of hydrogen-bond acceptors (Lipinski definition) is 4. The number of rotatable bonds is 4. The van der Waals surface area contributed by atoms with E-state index < -0.39 is 11.1 Å². The second-order valence-electron chi connectivity index (χ2n) is 5.87. The van der Waals surface area contributed by atoms with Gasteiger partial charge in [0.25, 0.3) is 11.1 Å². The Kier molecular flexibility index (Phi) is 4.14. The molecule has 122 valence electrons. The van der Waals surface area contributed by atoms with Crippen LogP contribution in [0.3, 0.4) is 0 Å². The topological polar surface area (TPSA) is 115 Å². The Labute approximate surface area is 131 Å². The third kappa shape index (κ3) is 3.25. The number of fused-ring (bicyclic) bond motifs is 1. The SMILES string of the molecule is CN(Cc1n[nH]c2c1CCCC2)C(=O)Cc1cc(=O)[nH][nH]c1=O. The van der Waals surface area contributed by atoms with Crippen molar-refractivity contribution in [2.75, 3.05) is 7.05 Å². The number of hydrogen-bond donors (Lipinski definition) is 3. The quantitative estimate of drug-likeness (QED) is 0.728. The van der Waals surface area contributed by atoms with Crippen LogP contribution in [0.5, 0.6) is 0 Å². The maximum atomic E-state index is 12.3. The minimum Gasteiger partial charge on any atom is -0.339 e. The summed E-state index contributed by atoms with van der Waals surface area (Å²) >= 11 is 0. The van der Waals surface area contributed by atoms with Gasteiger partial charge in [0.1, 0.15) is 0 Å². The van der Waals surface area contributed by atoms with Gasteiger partial charge < -0.3 is 4.90 Å². The van der Waals surface area contributed by atoms with E-state index in [4.69, 9.17) is 0 Å². The molecule has 0 fully saturated rings. The van der Waals surface area contributed by atoms with Crippen LogP contribution in [0.25, 0.3) is 0 Å². The first-order valence-electron chi connectivity index (χ1n) is 7.64. The number of H-pyrrole nitrogens is 3. The first-order valence-corrected chi connectivity index (χ1v) is 7.64. The van der Waals surface area contributed by atoms with Crippen molar-refractivity contribution in [3.63, 3.8) is 0 Å². The summed E-state index contributed by atoms with van der Waals surface area (Å²) in [5, 5.41) is 11.8. The molecule has 0 aliphatic heterocycles. The van der Waals surface area contributed by atoms with E-state index in [2.05, 4.69) is 20.4 Å². The van der Waals surface area contributed by atoms with Crippen molar-refractivity contribution >= 4 is 5.91 Å². The summed E-state index contributed by atoms with van der Waals surface area (Å²) in [6.45, 7) is 0.395. The molecule has 1 aliphatic carbocycles. The number of carbonyl (C=O) groups is 1. The molecular weight excluding hydrogens is 298 g/mol. The van der Waals surface area contributed by atoms with E-state index in [1.165, 1.54) is 10.5 Å². The minimum atomic E-state index is -0.455. The summed E-state index contributed by atoms with van der Waals surface area (Å²) in [6, 6.07) is 1.15. The molecule has 0 saturated carbocycles. The maximum absolute atomic E-state index is 12.3. The molecule has 8 heteroatoms. The molecule has 8 nitrogen and oxygen atoms in total. The first kappa shape index (κ1) is 15.3. The van der Waals surface area contributed by atoms with Gasteiger partial charge in [-0.2, -0.15) is 5.10 Å². The molecule has 0 atom stereocenters. The summed E-state index contributed by atoms with van der Waals surface area (Å²) in [5.41, 5.74) is 2.54. The van der Waals surface area contributed by atoms with E-state index in [1.807, 2.05) is 0 Å². The van der Waals surface area contributed by atoms with Gasteiger partial charge in [0, 0.05) is 24.4 Å². The largest absolute Gasteiger partial charge is 0.339 e. The lowest BCUT2D eigenvalue weighted by atomic mass is 9.96. The lowest BCUT2D eigenvalue weighted by Gasteiger charge is -2.18. The predicted molar refractivity (Wildman–Crippen MR) is 83.1 cm³/mol. The van der Waals surface area contributed by atoms with Crippen LogP contribution >= 0.6 is 0 Å². The molecule has 0 aromatic carbocycles. The fraction of sp³-hybridized carbons (Fsp3) is 0.467. The third-order valence-corrected chi connectivity index (χ3v) is 4.19. The Balaban J connectivity index is 1.70. The van der Waals surface area contributed by atoms with Gasteiger partial charge in [0.15, 0.2) is 0 Å². The van der Waals surface area contributed by atoms with E-state index in [-0.39, 0.29) is 17.9 Å².